The lowest BCUT2D eigenvalue weighted by molar-refractivity contribution is -0.901. The second-order valence-electron chi connectivity index (χ2n) is 7.29. The first-order chi connectivity index (χ1) is 13.3. The number of nitrogens with zero attached hydrogens (tertiary/aromatic N) is 1. The van der Waals surface area contributed by atoms with Gasteiger partial charge in [0.2, 0.25) is 0 Å². The van der Waals surface area contributed by atoms with E-state index in [-0.39, 0.29) is 0 Å². The van der Waals surface area contributed by atoms with Crippen molar-refractivity contribution in [3.8, 4) is 0 Å². The van der Waals surface area contributed by atoms with Crippen molar-refractivity contribution in [2.24, 2.45) is 0 Å². The zero-order valence-electron chi connectivity index (χ0n) is 15.5. The Kier molecular flexibility index (Phi) is 5.76. The molecule has 4 rings (SSSR count). The molecule has 1 saturated heterocycles. The van der Waals surface area contributed by atoms with E-state index in [2.05, 4.69) is 77.7 Å². The fourth-order valence-electron chi connectivity index (χ4n) is 4.05. The summed E-state index contributed by atoms with van der Waals surface area (Å²) in [5, 5.41) is 0.815. The lowest BCUT2D eigenvalue weighted by atomic mass is 9.90. The molecule has 0 unspecified atom stereocenters. The summed E-state index contributed by atoms with van der Waals surface area (Å²) in [6.07, 6.45) is 0. The first kappa shape index (κ1) is 18.1. The molecular weight excluding hydrogens is 352 g/mol. The van der Waals surface area contributed by atoms with Gasteiger partial charge in [0.15, 0.2) is 0 Å². The molecule has 0 amide bonds. The Morgan fingerprint density at radius 2 is 1.37 bits per heavy atom. The summed E-state index contributed by atoms with van der Waals surface area (Å²) in [5.41, 5.74) is 4.06. The van der Waals surface area contributed by atoms with E-state index in [1.807, 2.05) is 12.1 Å². The number of anilines is 1. The van der Waals surface area contributed by atoms with Crippen LogP contribution in [-0.4, -0.2) is 32.7 Å². The number of benzene rings is 3. The largest absolute Gasteiger partial charge is 0.360 e. The Bertz CT molecular complexity index is 803. The van der Waals surface area contributed by atoms with Crippen LogP contribution in [0.25, 0.3) is 0 Å². The molecule has 1 fully saturated rings. The van der Waals surface area contributed by atoms with Crippen molar-refractivity contribution >= 4 is 17.3 Å². The molecule has 0 bridgehead atoms. The lowest BCUT2D eigenvalue weighted by Gasteiger charge is -2.35. The molecule has 2 nitrogen and oxygen atoms in total. The minimum absolute atomic E-state index is 0.445. The maximum absolute atomic E-state index is 6.17. The number of hydrogen-bond donors (Lipinski definition) is 1. The molecule has 0 atom stereocenters. The van der Waals surface area contributed by atoms with E-state index in [1.54, 1.807) is 4.90 Å². The first-order valence-electron chi connectivity index (χ1n) is 9.73. The van der Waals surface area contributed by atoms with Crippen molar-refractivity contribution in [2.45, 2.75) is 5.92 Å². The van der Waals surface area contributed by atoms with Crippen molar-refractivity contribution in [1.82, 2.24) is 0 Å². The molecule has 1 heterocycles. The molecule has 0 spiro atoms. The molecule has 3 heteroatoms. The Morgan fingerprint density at radius 1 is 0.778 bits per heavy atom. The fourth-order valence-corrected chi connectivity index (χ4v) is 4.23. The Balaban J connectivity index is 1.45. The summed E-state index contributed by atoms with van der Waals surface area (Å²) in [4.78, 5) is 4.13. The molecule has 3 aromatic carbocycles. The number of hydrogen-bond acceptors (Lipinski definition) is 1. The van der Waals surface area contributed by atoms with E-state index in [1.165, 1.54) is 16.8 Å². The zero-order valence-corrected chi connectivity index (χ0v) is 16.3. The summed E-state index contributed by atoms with van der Waals surface area (Å²) < 4.78 is 0. The number of halogens is 1. The molecule has 0 aliphatic carbocycles. The second kappa shape index (κ2) is 8.60. The highest BCUT2D eigenvalue weighted by Gasteiger charge is 2.25. The minimum Gasteiger partial charge on any atom is -0.360 e. The van der Waals surface area contributed by atoms with Gasteiger partial charge in [-0.3, -0.25) is 0 Å². The van der Waals surface area contributed by atoms with Gasteiger partial charge in [0, 0.05) is 10.7 Å². The molecule has 0 radical (unpaired) electrons. The molecule has 0 saturated carbocycles. The molecule has 1 N–H and O–H groups in total. The highest BCUT2D eigenvalue weighted by Crippen LogP contribution is 2.23. The van der Waals surface area contributed by atoms with Gasteiger partial charge >= 0.3 is 0 Å². The third kappa shape index (κ3) is 4.52. The first-order valence-corrected chi connectivity index (χ1v) is 10.1. The fraction of sp³-hybridized carbons (Fsp3) is 0.250. The van der Waals surface area contributed by atoms with E-state index in [4.69, 9.17) is 11.6 Å². The number of piperazine rings is 1. The molecule has 0 aromatic heterocycles. The molecule has 1 aliphatic rings. The van der Waals surface area contributed by atoms with Crippen LogP contribution in [-0.2, 0) is 0 Å². The summed E-state index contributed by atoms with van der Waals surface area (Å²) in [5.74, 6) is 0.445. The highest BCUT2D eigenvalue weighted by atomic mass is 35.5. The van der Waals surface area contributed by atoms with Gasteiger partial charge in [0.1, 0.15) is 0 Å². The van der Waals surface area contributed by atoms with Gasteiger partial charge < -0.3 is 9.80 Å². The quantitative estimate of drug-likeness (QED) is 0.709. The lowest BCUT2D eigenvalue weighted by Crippen LogP contribution is -3.15. The maximum atomic E-state index is 6.17. The predicted octanol–water partition coefficient (Wildman–Crippen LogP) is 3.88. The molecule has 138 valence electrons. The standard InChI is InChI=1S/C24H25ClN2/c25-22-12-7-13-23(18-22)27-16-14-26(15-17-27)19-24(20-8-3-1-4-9-20)21-10-5-2-6-11-21/h1-13,18,24H,14-17,19H2/p+1. The van der Waals surface area contributed by atoms with Crippen LogP contribution in [0, 0.1) is 0 Å². The van der Waals surface area contributed by atoms with Gasteiger partial charge in [-0.15, -0.1) is 0 Å². The van der Waals surface area contributed by atoms with Crippen LogP contribution >= 0.6 is 11.6 Å². The van der Waals surface area contributed by atoms with Crippen LogP contribution in [0.15, 0.2) is 84.9 Å². The smallest absolute Gasteiger partial charge is 0.0949 e. The summed E-state index contributed by atoms with van der Waals surface area (Å²) >= 11 is 6.17. The number of rotatable bonds is 5. The van der Waals surface area contributed by atoms with E-state index in [9.17, 15) is 0 Å². The zero-order chi connectivity index (χ0) is 18.5. The number of nitrogens with one attached hydrogen (secondary N) is 1. The van der Waals surface area contributed by atoms with Crippen molar-refractivity contribution in [3.63, 3.8) is 0 Å². The molecule has 27 heavy (non-hydrogen) atoms. The summed E-state index contributed by atoms with van der Waals surface area (Å²) in [6.45, 7) is 5.60. The SMILES string of the molecule is Clc1cccc(N2CC[NH+](CC(c3ccccc3)c3ccccc3)CC2)c1. The van der Waals surface area contributed by atoms with Gasteiger partial charge in [0.25, 0.3) is 0 Å². The third-order valence-electron chi connectivity index (χ3n) is 5.54. The van der Waals surface area contributed by atoms with Crippen LogP contribution in [0.1, 0.15) is 17.0 Å². The van der Waals surface area contributed by atoms with Crippen molar-refractivity contribution in [2.75, 3.05) is 37.6 Å². The summed E-state index contributed by atoms with van der Waals surface area (Å²) in [6, 6.07) is 30.1. The Labute approximate surface area is 167 Å². The third-order valence-corrected chi connectivity index (χ3v) is 5.78. The van der Waals surface area contributed by atoms with Gasteiger partial charge in [-0.05, 0) is 29.3 Å². The average Bonchev–Trinajstić information content (AvgIpc) is 2.74. The van der Waals surface area contributed by atoms with E-state index < -0.39 is 0 Å². The maximum Gasteiger partial charge on any atom is 0.0949 e. The topological polar surface area (TPSA) is 7.68 Å². The van der Waals surface area contributed by atoms with E-state index >= 15 is 0 Å². The van der Waals surface area contributed by atoms with E-state index in [0.29, 0.717) is 5.92 Å². The highest BCUT2D eigenvalue weighted by molar-refractivity contribution is 6.30. The van der Waals surface area contributed by atoms with Crippen molar-refractivity contribution < 1.29 is 4.90 Å². The van der Waals surface area contributed by atoms with Gasteiger partial charge in [-0.1, -0.05) is 78.3 Å². The van der Waals surface area contributed by atoms with Crippen LogP contribution in [0.3, 0.4) is 0 Å². The van der Waals surface area contributed by atoms with Crippen molar-refractivity contribution in [1.29, 1.82) is 0 Å². The van der Waals surface area contributed by atoms with Crippen molar-refractivity contribution in [3.05, 3.63) is 101 Å². The summed E-state index contributed by atoms with van der Waals surface area (Å²) in [7, 11) is 0. The van der Waals surface area contributed by atoms with E-state index in [0.717, 1.165) is 37.7 Å². The van der Waals surface area contributed by atoms with Crippen LogP contribution in [0.4, 0.5) is 5.69 Å². The van der Waals surface area contributed by atoms with Crippen LogP contribution < -0.4 is 9.80 Å². The van der Waals surface area contributed by atoms with Crippen LogP contribution in [0.2, 0.25) is 5.02 Å². The normalized spacial score (nSPS) is 15.3. The van der Waals surface area contributed by atoms with Crippen LogP contribution in [0.5, 0.6) is 0 Å². The predicted molar refractivity (Wildman–Crippen MR) is 114 cm³/mol. The van der Waals surface area contributed by atoms with Gasteiger partial charge in [-0.2, -0.15) is 0 Å². The van der Waals surface area contributed by atoms with Gasteiger partial charge in [0.05, 0.1) is 38.6 Å². The molecular formula is C24H26ClN2+. The molecule has 3 aromatic rings. The average molecular weight is 378 g/mol. The molecule has 1 aliphatic heterocycles. The Morgan fingerprint density at radius 3 is 1.93 bits per heavy atom. The minimum atomic E-state index is 0.445. The van der Waals surface area contributed by atoms with Gasteiger partial charge in [-0.25, -0.2) is 0 Å². The Hall–Kier alpha value is -2.29. The second-order valence-corrected chi connectivity index (χ2v) is 7.73. The monoisotopic (exact) mass is 377 g/mol. The number of quaternary nitrogens is 1.